The van der Waals surface area contributed by atoms with Crippen LogP contribution in [0.3, 0.4) is 0 Å². The van der Waals surface area contributed by atoms with Gasteiger partial charge in [0, 0.05) is 13.6 Å². The number of nitrogens with one attached hydrogen (secondary N) is 1. The third-order valence-corrected chi connectivity index (χ3v) is 7.08. The zero-order valence-corrected chi connectivity index (χ0v) is 22.4. The number of hydrogen-bond donors (Lipinski definition) is 1. The van der Waals surface area contributed by atoms with E-state index in [-0.39, 0.29) is 12.5 Å². The monoisotopic (exact) mass is 523 g/mol. The molecule has 0 aromatic heterocycles. The number of rotatable bonds is 11. The summed E-state index contributed by atoms with van der Waals surface area (Å²) in [5, 5.41) is 2.56. The summed E-state index contributed by atoms with van der Waals surface area (Å²) in [5.41, 5.74) is 3.24. The van der Waals surface area contributed by atoms with Gasteiger partial charge in [0.1, 0.15) is 24.9 Å². The van der Waals surface area contributed by atoms with E-state index >= 15 is 0 Å². The van der Waals surface area contributed by atoms with E-state index in [0.29, 0.717) is 18.0 Å². The first-order chi connectivity index (χ1) is 17.6. The fourth-order valence-electron chi connectivity index (χ4n) is 3.74. The van der Waals surface area contributed by atoms with Crippen LogP contribution in [-0.2, 0) is 32.8 Å². The SMILES string of the molecule is CNC(=O)C(C)N(Cc1ccc(C)cc1)C(=O)CN(c1ccc(OCc2ccccc2)cc1)S(C)(=O)=O. The fraction of sp³-hybridized carbons (Fsp3) is 0.286. The average Bonchev–Trinajstić information content (AvgIpc) is 2.89. The molecule has 0 saturated heterocycles. The Bertz CT molecular complexity index is 1290. The first-order valence-electron chi connectivity index (χ1n) is 11.9. The molecular formula is C28H33N3O5S. The summed E-state index contributed by atoms with van der Waals surface area (Å²) in [4.78, 5) is 27.2. The lowest BCUT2D eigenvalue weighted by atomic mass is 10.1. The highest BCUT2D eigenvalue weighted by molar-refractivity contribution is 7.92. The quantitative estimate of drug-likeness (QED) is 0.415. The van der Waals surface area contributed by atoms with E-state index in [1.165, 1.54) is 11.9 Å². The van der Waals surface area contributed by atoms with Crippen LogP contribution in [0.5, 0.6) is 5.75 Å². The second kappa shape index (κ2) is 12.4. The maximum absolute atomic E-state index is 13.4. The molecule has 0 aliphatic heterocycles. The van der Waals surface area contributed by atoms with Crippen LogP contribution in [0.1, 0.15) is 23.6 Å². The molecule has 8 nitrogen and oxygen atoms in total. The van der Waals surface area contributed by atoms with Crippen molar-refractivity contribution < 1.29 is 22.7 Å². The van der Waals surface area contributed by atoms with E-state index in [2.05, 4.69) is 5.32 Å². The smallest absolute Gasteiger partial charge is 0.244 e. The second-order valence-corrected chi connectivity index (χ2v) is 10.7. The minimum atomic E-state index is -3.80. The first kappa shape index (κ1) is 27.7. The van der Waals surface area contributed by atoms with Crippen molar-refractivity contribution in [3.63, 3.8) is 0 Å². The molecule has 3 rings (SSSR count). The molecule has 2 amide bonds. The Morgan fingerprint density at radius 3 is 2.11 bits per heavy atom. The number of ether oxygens (including phenoxy) is 1. The van der Waals surface area contributed by atoms with Crippen LogP contribution in [0, 0.1) is 6.92 Å². The standard InChI is InChI=1S/C28H33N3O5S/c1-21-10-12-23(13-11-21)18-30(22(2)28(33)29-3)27(32)19-31(37(4,34)35)25-14-16-26(17-15-25)36-20-24-8-6-5-7-9-24/h5-17,22H,18-20H2,1-4H3,(H,29,33). The van der Waals surface area contributed by atoms with E-state index in [4.69, 9.17) is 4.74 Å². The third-order valence-electron chi connectivity index (χ3n) is 5.94. The zero-order chi connectivity index (χ0) is 27.0. The summed E-state index contributed by atoms with van der Waals surface area (Å²) in [5.74, 6) is -0.264. The summed E-state index contributed by atoms with van der Waals surface area (Å²) < 4.78 is 32.2. The van der Waals surface area contributed by atoms with Crippen molar-refractivity contribution in [1.82, 2.24) is 10.2 Å². The molecule has 0 aliphatic carbocycles. The van der Waals surface area contributed by atoms with Gasteiger partial charge in [0.15, 0.2) is 0 Å². The van der Waals surface area contributed by atoms with Gasteiger partial charge in [0.05, 0.1) is 11.9 Å². The molecule has 0 saturated carbocycles. The maximum atomic E-state index is 13.4. The molecule has 37 heavy (non-hydrogen) atoms. The summed E-state index contributed by atoms with van der Waals surface area (Å²) in [6.45, 7) is 3.67. The van der Waals surface area contributed by atoms with Gasteiger partial charge in [-0.25, -0.2) is 8.42 Å². The van der Waals surface area contributed by atoms with Crippen LogP contribution in [0.25, 0.3) is 0 Å². The molecule has 0 heterocycles. The molecule has 1 N–H and O–H groups in total. The molecule has 0 aliphatic rings. The van der Waals surface area contributed by atoms with Crippen molar-refractivity contribution in [1.29, 1.82) is 0 Å². The summed E-state index contributed by atoms with van der Waals surface area (Å²) in [6.07, 6.45) is 1.05. The molecule has 0 fully saturated rings. The predicted molar refractivity (Wildman–Crippen MR) is 145 cm³/mol. The second-order valence-electron chi connectivity index (χ2n) is 8.84. The van der Waals surface area contributed by atoms with Crippen molar-refractivity contribution in [2.24, 2.45) is 0 Å². The summed E-state index contributed by atoms with van der Waals surface area (Å²) in [6, 6.07) is 23.0. The fourth-order valence-corrected chi connectivity index (χ4v) is 4.59. The number of carbonyl (C=O) groups is 2. The van der Waals surface area contributed by atoms with Crippen molar-refractivity contribution in [3.05, 3.63) is 95.6 Å². The predicted octanol–water partition coefficient (Wildman–Crippen LogP) is 3.50. The number of sulfonamides is 1. The van der Waals surface area contributed by atoms with Gasteiger partial charge in [-0.2, -0.15) is 0 Å². The van der Waals surface area contributed by atoms with Crippen LogP contribution in [0.15, 0.2) is 78.9 Å². The molecule has 0 bridgehead atoms. The van der Waals surface area contributed by atoms with Gasteiger partial charge < -0.3 is 15.0 Å². The molecular weight excluding hydrogens is 490 g/mol. The minimum absolute atomic E-state index is 0.164. The van der Waals surface area contributed by atoms with Crippen molar-refractivity contribution >= 4 is 27.5 Å². The third kappa shape index (κ3) is 7.82. The van der Waals surface area contributed by atoms with Gasteiger partial charge in [-0.1, -0.05) is 60.2 Å². The Hall–Kier alpha value is -3.85. The van der Waals surface area contributed by atoms with E-state index in [1.807, 2.05) is 61.5 Å². The molecule has 0 radical (unpaired) electrons. The zero-order valence-electron chi connectivity index (χ0n) is 21.5. The topological polar surface area (TPSA) is 96.0 Å². The van der Waals surface area contributed by atoms with Gasteiger partial charge in [0.2, 0.25) is 21.8 Å². The number of likely N-dealkylation sites (N-methyl/N-ethyl adjacent to an activating group) is 1. The van der Waals surface area contributed by atoms with Crippen molar-refractivity contribution in [2.45, 2.75) is 33.0 Å². The largest absolute Gasteiger partial charge is 0.489 e. The lowest BCUT2D eigenvalue weighted by Crippen LogP contribution is -2.50. The first-order valence-corrected chi connectivity index (χ1v) is 13.7. The van der Waals surface area contributed by atoms with Gasteiger partial charge in [-0.3, -0.25) is 13.9 Å². The van der Waals surface area contributed by atoms with E-state index in [0.717, 1.165) is 27.3 Å². The molecule has 1 unspecified atom stereocenters. The van der Waals surface area contributed by atoms with Crippen molar-refractivity contribution in [3.8, 4) is 5.75 Å². The maximum Gasteiger partial charge on any atom is 0.244 e. The summed E-state index contributed by atoms with van der Waals surface area (Å²) >= 11 is 0. The number of benzene rings is 3. The van der Waals surface area contributed by atoms with Crippen LogP contribution in [-0.4, -0.2) is 51.0 Å². The number of nitrogens with zero attached hydrogens (tertiary/aromatic N) is 2. The Balaban J connectivity index is 1.80. The molecule has 3 aromatic carbocycles. The van der Waals surface area contributed by atoms with Gasteiger partial charge >= 0.3 is 0 Å². The number of hydrogen-bond acceptors (Lipinski definition) is 5. The lowest BCUT2D eigenvalue weighted by molar-refractivity contribution is -0.139. The van der Waals surface area contributed by atoms with Gasteiger partial charge in [-0.05, 0) is 49.2 Å². The Labute approximate surface area is 218 Å². The highest BCUT2D eigenvalue weighted by Crippen LogP contribution is 2.23. The molecule has 1 atom stereocenters. The number of anilines is 1. The molecule has 3 aromatic rings. The minimum Gasteiger partial charge on any atom is -0.489 e. The van der Waals surface area contributed by atoms with Crippen LogP contribution >= 0.6 is 0 Å². The lowest BCUT2D eigenvalue weighted by Gasteiger charge is -2.31. The van der Waals surface area contributed by atoms with Crippen LogP contribution in [0.4, 0.5) is 5.69 Å². The molecule has 0 spiro atoms. The average molecular weight is 524 g/mol. The van der Waals surface area contributed by atoms with Gasteiger partial charge in [0.25, 0.3) is 0 Å². The summed E-state index contributed by atoms with van der Waals surface area (Å²) in [7, 11) is -2.30. The molecule has 196 valence electrons. The Morgan fingerprint density at radius 2 is 1.54 bits per heavy atom. The highest BCUT2D eigenvalue weighted by atomic mass is 32.2. The van der Waals surface area contributed by atoms with E-state index in [1.54, 1.807) is 31.2 Å². The van der Waals surface area contributed by atoms with Crippen LogP contribution in [0.2, 0.25) is 0 Å². The van der Waals surface area contributed by atoms with Gasteiger partial charge in [-0.15, -0.1) is 0 Å². The van der Waals surface area contributed by atoms with Crippen molar-refractivity contribution in [2.75, 3.05) is 24.2 Å². The molecule has 9 heteroatoms. The Morgan fingerprint density at radius 1 is 0.919 bits per heavy atom. The highest BCUT2D eigenvalue weighted by Gasteiger charge is 2.29. The normalized spacial score (nSPS) is 11.9. The Kier molecular flexibility index (Phi) is 9.30. The van der Waals surface area contributed by atoms with Crippen LogP contribution < -0.4 is 14.4 Å². The number of aryl methyl sites for hydroxylation is 1. The number of amides is 2. The van der Waals surface area contributed by atoms with E-state index < -0.39 is 28.5 Å². The number of carbonyl (C=O) groups excluding carboxylic acids is 2. The van der Waals surface area contributed by atoms with E-state index in [9.17, 15) is 18.0 Å².